The number of nitrogens with zero attached hydrogens (tertiary/aromatic N) is 5. The lowest BCUT2D eigenvalue weighted by atomic mass is 10.3. The second-order valence-corrected chi connectivity index (χ2v) is 9.85. The Labute approximate surface area is 195 Å². The van der Waals surface area contributed by atoms with Crippen molar-refractivity contribution >= 4 is 45.0 Å². The van der Waals surface area contributed by atoms with Gasteiger partial charge in [0, 0.05) is 31.9 Å². The molecule has 1 aromatic carbocycles. The summed E-state index contributed by atoms with van der Waals surface area (Å²) in [6, 6.07) is 8.26. The van der Waals surface area contributed by atoms with Crippen LogP contribution < -0.4 is 16.0 Å². The van der Waals surface area contributed by atoms with E-state index >= 15 is 0 Å². The van der Waals surface area contributed by atoms with Crippen LogP contribution in [0.4, 0.5) is 5.69 Å². The molecule has 3 N–H and O–H groups in total. The second kappa shape index (κ2) is 10.3. The van der Waals surface area contributed by atoms with E-state index in [1.54, 1.807) is 11.3 Å². The molecule has 170 valence electrons. The maximum absolute atomic E-state index is 8.81. The van der Waals surface area contributed by atoms with Gasteiger partial charge in [-0.25, -0.2) is 15.3 Å². The first-order valence-electron chi connectivity index (χ1n) is 10.7. The van der Waals surface area contributed by atoms with Crippen LogP contribution in [-0.4, -0.2) is 91.7 Å². The van der Waals surface area contributed by atoms with Crippen LogP contribution in [-0.2, 0) is 9.47 Å². The molecule has 0 bridgehead atoms. The molecule has 12 heteroatoms. The lowest BCUT2D eigenvalue weighted by Gasteiger charge is -2.43. The van der Waals surface area contributed by atoms with Crippen molar-refractivity contribution in [2.24, 2.45) is 4.99 Å². The number of anilines is 1. The molecule has 4 heterocycles. The van der Waals surface area contributed by atoms with Crippen molar-refractivity contribution in [3.05, 3.63) is 18.2 Å². The van der Waals surface area contributed by atoms with E-state index in [1.165, 1.54) is 11.8 Å². The molecular formula is C20H26N8O2S2. The molecule has 2 unspecified atom stereocenters. The molecule has 0 radical (unpaired) electrons. The van der Waals surface area contributed by atoms with Gasteiger partial charge in [-0.2, -0.15) is 5.26 Å². The molecule has 2 fully saturated rings. The van der Waals surface area contributed by atoms with Crippen molar-refractivity contribution in [1.82, 2.24) is 25.4 Å². The minimum atomic E-state index is -0.128. The summed E-state index contributed by atoms with van der Waals surface area (Å²) in [6.07, 6.45) is -0.163. The van der Waals surface area contributed by atoms with E-state index in [0.717, 1.165) is 78.8 Å². The molecule has 5 rings (SSSR count). The lowest BCUT2D eigenvalue weighted by molar-refractivity contribution is -0.0286. The van der Waals surface area contributed by atoms with E-state index in [1.807, 2.05) is 12.1 Å². The Morgan fingerprint density at radius 3 is 2.66 bits per heavy atom. The number of rotatable bonds is 5. The molecule has 3 aliphatic rings. The number of nitrogens with one attached hydrogen (secondary N) is 3. The predicted octanol–water partition coefficient (Wildman–Crippen LogP) is 1.10. The number of thioether (sulfide) groups is 1. The van der Waals surface area contributed by atoms with Gasteiger partial charge in [-0.3, -0.25) is 9.80 Å². The van der Waals surface area contributed by atoms with Crippen LogP contribution >= 0.6 is 23.1 Å². The number of thiazole rings is 1. The predicted molar refractivity (Wildman–Crippen MR) is 126 cm³/mol. The van der Waals surface area contributed by atoms with E-state index in [0.29, 0.717) is 5.75 Å². The van der Waals surface area contributed by atoms with Crippen molar-refractivity contribution in [2.45, 2.75) is 16.9 Å². The summed E-state index contributed by atoms with van der Waals surface area (Å²) >= 11 is 3.07. The highest BCUT2D eigenvalue weighted by molar-refractivity contribution is 8.01. The fourth-order valence-corrected chi connectivity index (χ4v) is 5.66. The number of morpholine rings is 2. The molecule has 32 heavy (non-hydrogen) atoms. The van der Waals surface area contributed by atoms with Gasteiger partial charge in [-0.1, -0.05) is 11.8 Å². The lowest BCUT2D eigenvalue weighted by Crippen LogP contribution is -2.68. The summed E-state index contributed by atoms with van der Waals surface area (Å²) < 4.78 is 13.0. The Kier molecular flexibility index (Phi) is 7.03. The number of aliphatic imine (C=N–C) groups is 1. The highest BCUT2D eigenvalue weighted by atomic mass is 32.2. The van der Waals surface area contributed by atoms with Crippen LogP contribution in [0.2, 0.25) is 0 Å². The zero-order chi connectivity index (χ0) is 21.8. The fourth-order valence-electron chi connectivity index (χ4n) is 3.89. The van der Waals surface area contributed by atoms with Gasteiger partial charge >= 0.3 is 0 Å². The van der Waals surface area contributed by atoms with E-state index in [-0.39, 0.29) is 12.6 Å². The zero-order valence-electron chi connectivity index (χ0n) is 17.6. The maximum atomic E-state index is 8.81. The molecule has 2 atom stereocenters. The third kappa shape index (κ3) is 5.15. The number of hydrogen-bond donors (Lipinski definition) is 3. The molecule has 2 aromatic rings. The first-order chi connectivity index (χ1) is 15.8. The first-order valence-corrected chi connectivity index (χ1v) is 12.5. The number of hydrogen-bond acceptors (Lipinski definition) is 12. The summed E-state index contributed by atoms with van der Waals surface area (Å²) in [4.78, 5) is 14.2. The molecule has 0 amide bonds. The Hall–Kier alpha value is -1.98. The average Bonchev–Trinajstić information content (AvgIpc) is 3.26. The average molecular weight is 475 g/mol. The fraction of sp³-hybridized carbons (Fsp3) is 0.550. The van der Waals surface area contributed by atoms with Crippen molar-refractivity contribution < 1.29 is 9.47 Å². The monoisotopic (exact) mass is 474 g/mol. The molecule has 0 spiro atoms. The Morgan fingerprint density at radius 2 is 1.91 bits per heavy atom. The third-order valence-corrected chi connectivity index (χ3v) is 7.55. The Morgan fingerprint density at radius 1 is 1.16 bits per heavy atom. The molecule has 3 aliphatic heterocycles. The van der Waals surface area contributed by atoms with Crippen LogP contribution in [0.3, 0.4) is 0 Å². The molecule has 10 nitrogen and oxygen atoms in total. The van der Waals surface area contributed by atoms with Crippen LogP contribution in [0.25, 0.3) is 10.2 Å². The number of guanidine groups is 1. The van der Waals surface area contributed by atoms with Crippen molar-refractivity contribution in [1.29, 1.82) is 5.26 Å². The van der Waals surface area contributed by atoms with Crippen LogP contribution in [0.15, 0.2) is 27.5 Å². The van der Waals surface area contributed by atoms with E-state index in [4.69, 9.17) is 19.7 Å². The minimum absolute atomic E-state index is 0.0344. The van der Waals surface area contributed by atoms with Crippen LogP contribution in [0.5, 0.6) is 0 Å². The van der Waals surface area contributed by atoms with Gasteiger partial charge in [-0.05, 0) is 18.2 Å². The summed E-state index contributed by atoms with van der Waals surface area (Å²) in [7, 11) is 0. The van der Waals surface area contributed by atoms with Gasteiger partial charge in [-0.15, -0.1) is 11.3 Å². The third-order valence-electron chi connectivity index (χ3n) is 5.53. The highest BCUT2D eigenvalue weighted by Crippen LogP contribution is 2.31. The van der Waals surface area contributed by atoms with Crippen molar-refractivity contribution in [2.75, 3.05) is 63.7 Å². The van der Waals surface area contributed by atoms with Crippen LogP contribution in [0.1, 0.15) is 0 Å². The molecule has 0 saturated carbocycles. The Bertz CT molecular complexity index is 997. The number of fused-ring (bicyclic) bond motifs is 1. The SMILES string of the molecule is N#CCSc1nc2ccc(NC3=NC(N4CCOCC4)NC(N4CCOCC4)N3)cc2s1. The van der Waals surface area contributed by atoms with Crippen molar-refractivity contribution in [3.8, 4) is 6.07 Å². The van der Waals surface area contributed by atoms with Gasteiger partial charge in [0.25, 0.3) is 0 Å². The quantitative estimate of drug-likeness (QED) is 0.545. The standard InChI is InChI=1S/C20H26N8O2S2/c21-3-12-31-20-23-15-2-1-14(13-16(15)32-20)22-17-24-18(27-4-8-29-9-5-27)26-19(25-17)28-6-10-30-11-7-28/h1-2,13,18-19,26H,4-12H2,(H2,22,24,25). The topological polar surface area (TPSA) is 110 Å². The number of benzene rings is 1. The normalized spacial score (nSPS) is 25.2. The molecule has 1 aromatic heterocycles. The number of aromatic nitrogens is 1. The summed E-state index contributed by atoms with van der Waals surface area (Å²) in [5.41, 5.74) is 1.89. The van der Waals surface area contributed by atoms with Crippen LogP contribution in [0, 0.1) is 11.3 Å². The minimum Gasteiger partial charge on any atom is -0.379 e. The summed E-state index contributed by atoms with van der Waals surface area (Å²) in [5.74, 6) is 1.14. The van der Waals surface area contributed by atoms with Crippen molar-refractivity contribution in [3.63, 3.8) is 0 Å². The second-order valence-electron chi connectivity index (χ2n) is 7.60. The Balaban J connectivity index is 1.34. The van der Waals surface area contributed by atoms with Gasteiger partial charge in [0.2, 0.25) is 5.96 Å². The number of ether oxygens (including phenoxy) is 2. The summed E-state index contributed by atoms with van der Waals surface area (Å²) in [5, 5.41) is 19.4. The first kappa shape index (κ1) is 21.8. The largest absolute Gasteiger partial charge is 0.379 e. The molecule has 2 saturated heterocycles. The van der Waals surface area contributed by atoms with E-state index in [2.05, 4.69) is 42.9 Å². The zero-order valence-corrected chi connectivity index (χ0v) is 19.3. The highest BCUT2D eigenvalue weighted by Gasteiger charge is 2.31. The number of nitriles is 1. The molecular weight excluding hydrogens is 448 g/mol. The summed E-state index contributed by atoms with van der Waals surface area (Å²) in [6.45, 7) is 6.33. The molecule has 0 aliphatic carbocycles. The van der Waals surface area contributed by atoms with Gasteiger partial charge in [0.1, 0.15) is 6.29 Å². The van der Waals surface area contributed by atoms with E-state index < -0.39 is 0 Å². The van der Waals surface area contributed by atoms with E-state index in [9.17, 15) is 0 Å². The van der Waals surface area contributed by atoms with Gasteiger partial charge < -0.3 is 20.1 Å². The maximum Gasteiger partial charge on any atom is 0.200 e. The van der Waals surface area contributed by atoms with Gasteiger partial charge in [0.15, 0.2) is 10.6 Å². The smallest absolute Gasteiger partial charge is 0.200 e. The van der Waals surface area contributed by atoms with Gasteiger partial charge in [0.05, 0.1) is 48.5 Å².